The minimum atomic E-state index is -0.652. The first kappa shape index (κ1) is 28.4. The van der Waals surface area contributed by atoms with Crippen LogP contribution in [0, 0.1) is 0 Å². The Morgan fingerprint density at radius 3 is 2.45 bits per heavy atom. The van der Waals surface area contributed by atoms with E-state index >= 15 is 0 Å². The molecule has 11 nitrogen and oxygen atoms in total. The summed E-state index contributed by atoms with van der Waals surface area (Å²) in [6.45, 7) is 5.47. The van der Waals surface area contributed by atoms with E-state index in [1.165, 1.54) is 11.1 Å². The Bertz CT molecular complexity index is 1680. The van der Waals surface area contributed by atoms with Gasteiger partial charge in [0.15, 0.2) is 0 Å². The molecule has 2 fully saturated rings. The van der Waals surface area contributed by atoms with Crippen LogP contribution in [0.1, 0.15) is 47.8 Å². The van der Waals surface area contributed by atoms with E-state index in [4.69, 9.17) is 9.97 Å². The van der Waals surface area contributed by atoms with Gasteiger partial charge in [-0.2, -0.15) is 4.98 Å². The van der Waals surface area contributed by atoms with Gasteiger partial charge in [-0.25, -0.2) is 9.97 Å². The van der Waals surface area contributed by atoms with Gasteiger partial charge >= 0.3 is 0 Å². The summed E-state index contributed by atoms with van der Waals surface area (Å²) in [7, 11) is 0. The second-order valence-corrected chi connectivity index (χ2v) is 12.1. The summed E-state index contributed by atoms with van der Waals surface area (Å²) in [5.74, 6) is 0.771. The lowest BCUT2D eigenvalue weighted by molar-refractivity contribution is -0.129. The number of piperidine rings is 2. The van der Waals surface area contributed by atoms with Crippen molar-refractivity contribution in [3.63, 3.8) is 0 Å². The molecular weight excluding hydrogens is 556 g/mol. The van der Waals surface area contributed by atoms with Gasteiger partial charge in [0.1, 0.15) is 17.8 Å². The number of amides is 2. The highest BCUT2D eigenvalue weighted by Gasteiger charge is 2.36. The highest BCUT2D eigenvalue weighted by Crippen LogP contribution is 2.27. The standard InChI is InChI=1S/C33H38N8O3/c1-22(42)38-15-11-25(12-16-38)35-31-18-27(36-33(37-31)41-21-34-26-8-4-5-9-28(26)41)32(44)40-17-13-29(30(43)20-40)39-14-10-23-6-2-3-7-24(23)19-39/h2-9,18,21,25,29-30,43H,10-17,19-20H2,1H3,(H,35,36,37)/t29-,30-/m1/s1. The van der Waals surface area contributed by atoms with Crippen LogP contribution in [0.3, 0.4) is 0 Å². The number of hydrogen-bond acceptors (Lipinski definition) is 8. The van der Waals surface area contributed by atoms with Gasteiger partial charge in [0.2, 0.25) is 11.9 Å². The fraction of sp³-hybridized carbons (Fsp3) is 0.424. The van der Waals surface area contributed by atoms with Crippen molar-refractivity contribution in [2.24, 2.45) is 0 Å². The summed E-state index contributed by atoms with van der Waals surface area (Å²) in [5, 5.41) is 14.8. The Hall–Kier alpha value is -4.35. The Labute approximate surface area is 256 Å². The van der Waals surface area contributed by atoms with E-state index in [2.05, 4.69) is 39.5 Å². The average molecular weight is 595 g/mol. The number of aliphatic hydroxyl groups is 1. The van der Waals surface area contributed by atoms with Crippen LogP contribution in [-0.4, -0.2) is 102 Å². The third-order valence-corrected chi connectivity index (χ3v) is 9.36. The maximum Gasteiger partial charge on any atom is 0.272 e. The van der Waals surface area contributed by atoms with Gasteiger partial charge in [0, 0.05) is 64.3 Å². The molecule has 2 atom stereocenters. The number of carbonyl (C=O) groups excluding carboxylic acids is 2. The van der Waals surface area contributed by atoms with Crippen molar-refractivity contribution in [3.8, 4) is 5.95 Å². The molecule has 2 amide bonds. The van der Waals surface area contributed by atoms with Crippen molar-refractivity contribution in [1.82, 2.24) is 34.2 Å². The predicted molar refractivity (Wildman–Crippen MR) is 166 cm³/mol. The maximum absolute atomic E-state index is 14.0. The second kappa shape index (κ2) is 12.0. The summed E-state index contributed by atoms with van der Waals surface area (Å²) in [6.07, 6.45) is 4.27. The Kier molecular flexibility index (Phi) is 7.73. The maximum atomic E-state index is 14.0. The van der Waals surface area contributed by atoms with Crippen molar-refractivity contribution >= 4 is 28.7 Å². The normalized spacial score (nSPS) is 21.3. The summed E-state index contributed by atoms with van der Waals surface area (Å²) >= 11 is 0. The number of rotatable bonds is 5. The monoisotopic (exact) mass is 594 g/mol. The van der Waals surface area contributed by atoms with Crippen LogP contribution in [-0.2, 0) is 17.8 Å². The number of hydrogen-bond donors (Lipinski definition) is 2. The summed E-state index contributed by atoms with van der Waals surface area (Å²) in [4.78, 5) is 45.7. The SMILES string of the molecule is CC(=O)N1CCC(Nc2cc(C(=O)N3CC[C@@H](N4CCc5ccccc5C4)[C@H](O)C3)nc(-n3cnc4ccccc43)n2)CC1. The minimum Gasteiger partial charge on any atom is -0.390 e. The zero-order chi connectivity index (χ0) is 30.2. The lowest BCUT2D eigenvalue weighted by Crippen LogP contribution is -2.56. The molecule has 0 saturated carbocycles. The number of nitrogens with zero attached hydrogens (tertiary/aromatic N) is 7. The molecular formula is C33H38N8O3. The quantitative estimate of drug-likeness (QED) is 0.362. The summed E-state index contributed by atoms with van der Waals surface area (Å²) in [6, 6.07) is 18.1. The smallest absolute Gasteiger partial charge is 0.272 e. The highest BCUT2D eigenvalue weighted by molar-refractivity contribution is 5.93. The van der Waals surface area contributed by atoms with E-state index in [1.807, 2.05) is 29.2 Å². The minimum absolute atomic E-state index is 0.00350. The van der Waals surface area contributed by atoms with Crippen LogP contribution in [0.25, 0.3) is 17.0 Å². The van der Waals surface area contributed by atoms with Crippen LogP contribution in [0.15, 0.2) is 60.9 Å². The van der Waals surface area contributed by atoms with Gasteiger partial charge in [0.05, 0.1) is 17.1 Å². The number of aliphatic hydroxyl groups excluding tert-OH is 1. The number of para-hydroxylation sites is 2. The zero-order valence-electron chi connectivity index (χ0n) is 25.0. The molecule has 2 N–H and O–H groups in total. The van der Waals surface area contributed by atoms with Crippen LogP contribution in [0.4, 0.5) is 5.82 Å². The van der Waals surface area contributed by atoms with Gasteiger partial charge in [-0.05, 0) is 48.9 Å². The van der Waals surface area contributed by atoms with Gasteiger partial charge in [-0.15, -0.1) is 0 Å². The molecule has 2 saturated heterocycles. The molecule has 44 heavy (non-hydrogen) atoms. The van der Waals surface area contributed by atoms with Crippen molar-refractivity contribution < 1.29 is 14.7 Å². The number of carbonyl (C=O) groups is 2. The molecule has 0 bridgehead atoms. The summed E-state index contributed by atoms with van der Waals surface area (Å²) in [5.41, 5.74) is 4.62. The van der Waals surface area contributed by atoms with Crippen LogP contribution in [0.2, 0.25) is 0 Å². The fourth-order valence-electron chi connectivity index (χ4n) is 6.88. The van der Waals surface area contributed by atoms with Crippen molar-refractivity contribution in [3.05, 3.63) is 77.7 Å². The van der Waals surface area contributed by atoms with Gasteiger partial charge in [0.25, 0.3) is 5.91 Å². The molecule has 0 unspecified atom stereocenters. The third-order valence-electron chi connectivity index (χ3n) is 9.36. The summed E-state index contributed by atoms with van der Waals surface area (Å²) < 4.78 is 1.80. The third kappa shape index (κ3) is 5.65. The number of benzene rings is 2. The zero-order valence-corrected chi connectivity index (χ0v) is 25.0. The van der Waals surface area contributed by atoms with E-state index < -0.39 is 6.10 Å². The number of anilines is 1. The van der Waals surface area contributed by atoms with Crippen molar-refractivity contribution in [2.45, 2.75) is 57.3 Å². The number of aromatic nitrogens is 4. The van der Waals surface area contributed by atoms with Crippen molar-refractivity contribution in [1.29, 1.82) is 0 Å². The number of likely N-dealkylation sites (tertiary alicyclic amines) is 2. The Morgan fingerprint density at radius 1 is 0.909 bits per heavy atom. The van der Waals surface area contributed by atoms with E-state index in [0.29, 0.717) is 37.8 Å². The van der Waals surface area contributed by atoms with E-state index in [-0.39, 0.29) is 36.1 Å². The van der Waals surface area contributed by atoms with E-state index in [0.717, 1.165) is 43.4 Å². The van der Waals surface area contributed by atoms with Crippen LogP contribution >= 0.6 is 0 Å². The predicted octanol–water partition coefficient (Wildman–Crippen LogP) is 2.87. The first-order valence-corrected chi connectivity index (χ1v) is 15.5. The van der Waals surface area contributed by atoms with E-state index in [9.17, 15) is 14.7 Å². The topological polar surface area (TPSA) is 120 Å². The average Bonchev–Trinajstić information content (AvgIpc) is 3.49. The van der Waals surface area contributed by atoms with Crippen LogP contribution in [0.5, 0.6) is 0 Å². The first-order valence-electron chi connectivity index (χ1n) is 15.5. The molecule has 7 rings (SSSR count). The Morgan fingerprint density at radius 2 is 1.66 bits per heavy atom. The molecule has 2 aromatic carbocycles. The molecule has 0 spiro atoms. The molecule has 2 aromatic heterocycles. The molecule has 0 radical (unpaired) electrons. The molecule has 3 aliphatic rings. The molecule has 4 aromatic rings. The van der Waals surface area contributed by atoms with Gasteiger partial charge in [-0.1, -0.05) is 36.4 Å². The lowest BCUT2D eigenvalue weighted by Gasteiger charge is -2.43. The molecule has 11 heteroatoms. The lowest BCUT2D eigenvalue weighted by atomic mass is 9.94. The molecule has 5 heterocycles. The van der Waals surface area contributed by atoms with Crippen molar-refractivity contribution in [2.75, 3.05) is 38.0 Å². The highest BCUT2D eigenvalue weighted by atomic mass is 16.3. The van der Waals surface area contributed by atoms with E-state index in [1.54, 1.807) is 28.8 Å². The van der Waals surface area contributed by atoms with Crippen LogP contribution < -0.4 is 5.32 Å². The molecule has 3 aliphatic heterocycles. The second-order valence-electron chi connectivity index (χ2n) is 12.1. The molecule has 0 aliphatic carbocycles. The molecule has 228 valence electrons. The number of fused-ring (bicyclic) bond motifs is 2. The largest absolute Gasteiger partial charge is 0.390 e. The Balaban J connectivity index is 1.11. The number of β-amino-alcohol motifs (C(OH)–C–C–N with tert-alkyl or cyclic N) is 1. The fourth-order valence-corrected chi connectivity index (χ4v) is 6.88. The number of nitrogens with one attached hydrogen (secondary N) is 1. The first-order chi connectivity index (χ1) is 21.4. The van der Waals surface area contributed by atoms with Gasteiger partial charge in [-0.3, -0.25) is 19.1 Å². The number of imidazole rings is 1. The van der Waals surface area contributed by atoms with Gasteiger partial charge < -0.3 is 20.2 Å².